The Morgan fingerprint density at radius 3 is 2.72 bits per heavy atom. The quantitative estimate of drug-likeness (QED) is 0.682. The number of nitrogens with zero attached hydrogens (tertiary/aromatic N) is 3. The first kappa shape index (κ1) is 19.6. The topological polar surface area (TPSA) is 65.5 Å². The molecule has 3 heterocycles. The second-order valence-electron chi connectivity index (χ2n) is 6.92. The summed E-state index contributed by atoms with van der Waals surface area (Å²) in [5, 5.41) is 7.81. The normalized spacial score (nSPS) is 14.5. The van der Waals surface area contributed by atoms with Crippen molar-refractivity contribution in [3.8, 4) is 0 Å². The molecule has 0 atom stereocenters. The average Bonchev–Trinajstić information content (AvgIpc) is 3.35. The van der Waals surface area contributed by atoms with Gasteiger partial charge in [-0.05, 0) is 43.0 Å². The van der Waals surface area contributed by atoms with Gasteiger partial charge < -0.3 is 15.1 Å². The van der Waals surface area contributed by atoms with Crippen molar-refractivity contribution in [2.75, 3.05) is 36.4 Å². The highest BCUT2D eigenvalue weighted by Crippen LogP contribution is 2.22. The predicted molar refractivity (Wildman–Crippen MR) is 118 cm³/mol. The number of carbonyl (C=O) groups excluding carboxylic acids is 2. The molecule has 8 heteroatoms. The van der Waals surface area contributed by atoms with E-state index in [2.05, 4.69) is 20.6 Å². The van der Waals surface area contributed by atoms with Gasteiger partial charge in [0, 0.05) is 42.8 Å². The van der Waals surface area contributed by atoms with Gasteiger partial charge in [-0.25, -0.2) is 4.98 Å². The lowest BCUT2D eigenvalue weighted by Gasteiger charge is -2.22. The van der Waals surface area contributed by atoms with Crippen molar-refractivity contribution in [1.82, 2.24) is 9.88 Å². The molecule has 150 valence electrons. The van der Waals surface area contributed by atoms with E-state index in [1.165, 1.54) is 11.3 Å². The lowest BCUT2D eigenvalue weighted by atomic mass is 10.1. The number of nitrogens with one attached hydrogen (secondary N) is 1. The molecule has 29 heavy (non-hydrogen) atoms. The van der Waals surface area contributed by atoms with Gasteiger partial charge in [0.05, 0.1) is 10.6 Å². The van der Waals surface area contributed by atoms with Gasteiger partial charge in [-0.2, -0.15) is 0 Å². The fourth-order valence-corrected chi connectivity index (χ4v) is 4.79. The van der Waals surface area contributed by atoms with E-state index in [1.807, 2.05) is 23.3 Å². The average molecular weight is 427 g/mol. The number of carbonyl (C=O) groups is 2. The molecule has 2 aromatic heterocycles. The van der Waals surface area contributed by atoms with Crippen LogP contribution in [0.25, 0.3) is 0 Å². The summed E-state index contributed by atoms with van der Waals surface area (Å²) < 4.78 is 0. The summed E-state index contributed by atoms with van der Waals surface area (Å²) in [5.41, 5.74) is 2.25. The van der Waals surface area contributed by atoms with E-state index in [1.54, 1.807) is 41.7 Å². The van der Waals surface area contributed by atoms with E-state index in [-0.39, 0.29) is 11.8 Å². The van der Waals surface area contributed by atoms with Crippen LogP contribution in [0.1, 0.15) is 32.1 Å². The first-order chi connectivity index (χ1) is 14.1. The fourth-order valence-electron chi connectivity index (χ4n) is 3.31. The molecular weight excluding hydrogens is 404 g/mol. The van der Waals surface area contributed by atoms with Crippen molar-refractivity contribution in [2.45, 2.75) is 13.3 Å². The summed E-state index contributed by atoms with van der Waals surface area (Å²) in [6.45, 7) is 5.04. The van der Waals surface area contributed by atoms with Crippen LogP contribution in [0, 0.1) is 6.92 Å². The number of hydrogen-bond donors (Lipinski definition) is 1. The van der Waals surface area contributed by atoms with Crippen LogP contribution in [0.5, 0.6) is 0 Å². The Kier molecular flexibility index (Phi) is 5.92. The van der Waals surface area contributed by atoms with Crippen LogP contribution in [0.2, 0.25) is 0 Å². The zero-order valence-corrected chi connectivity index (χ0v) is 17.8. The van der Waals surface area contributed by atoms with Gasteiger partial charge in [-0.1, -0.05) is 12.1 Å². The molecule has 1 fully saturated rings. The molecule has 1 aliphatic heterocycles. The predicted octanol–water partition coefficient (Wildman–Crippen LogP) is 4.12. The van der Waals surface area contributed by atoms with Crippen molar-refractivity contribution in [2.24, 2.45) is 0 Å². The number of aryl methyl sites for hydroxylation is 1. The van der Waals surface area contributed by atoms with Gasteiger partial charge in [0.25, 0.3) is 11.8 Å². The second kappa shape index (κ2) is 8.75. The van der Waals surface area contributed by atoms with Gasteiger partial charge in [0.2, 0.25) is 0 Å². The largest absolute Gasteiger partial charge is 0.346 e. The summed E-state index contributed by atoms with van der Waals surface area (Å²) in [5.74, 6) is -0.164. The van der Waals surface area contributed by atoms with Crippen molar-refractivity contribution < 1.29 is 9.59 Å². The third kappa shape index (κ3) is 4.65. The molecule has 0 bridgehead atoms. The monoisotopic (exact) mass is 426 g/mol. The summed E-state index contributed by atoms with van der Waals surface area (Å²) >= 11 is 3.04. The first-order valence-electron chi connectivity index (χ1n) is 9.51. The van der Waals surface area contributed by atoms with Crippen molar-refractivity contribution in [3.05, 3.63) is 63.3 Å². The third-order valence-electron chi connectivity index (χ3n) is 4.77. The number of hydrogen-bond acceptors (Lipinski definition) is 6. The second-order valence-corrected chi connectivity index (χ2v) is 8.70. The Balaban J connectivity index is 1.42. The Hall–Kier alpha value is -2.71. The van der Waals surface area contributed by atoms with Gasteiger partial charge in [0.15, 0.2) is 5.13 Å². The van der Waals surface area contributed by atoms with Crippen molar-refractivity contribution in [1.29, 1.82) is 0 Å². The summed E-state index contributed by atoms with van der Waals surface area (Å²) in [4.78, 5) is 34.7. The highest BCUT2D eigenvalue weighted by molar-refractivity contribution is 7.13. The van der Waals surface area contributed by atoms with E-state index in [0.717, 1.165) is 30.3 Å². The summed E-state index contributed by atoms with van der Waals surface area (Å²) in [7, 11) is 0. The van der Waals surface area contributed by atoms with Crippen LogP contribution >= 0.6 is 22.7 Å². The molecule has 1 aromatic carbocycles. The number of rotatable bonds is 4. The van der Waals surface area contributed by atoms with E-state index in [0.29, 0.717) is 29.2 Å². The van der Waals surface area contributed by atoms with Crippen LogP contribution in [-0.4, -0.2) is 47.9 Å². The number of aromatic nitrogens is 1. The minimum absolute atomic E-state index is 0.00519. The first-order valence-corrected chi connectivity index (χ1v) is 11.3. The number of amides is 2. The Morgan fingerprint density at radius 2 is 1.97 bits per heavy atom. The molecule has 0 radical (unpaired) electrons. The van der Waals surface area contributed by atoms with E-state index >= 15 is 0 Å². The summed E-state index contributed by atoms with van der Waals surface area (Å²) in [6.07, 6.45) is 0.902. The van der Waals surface area contributed by atoms with E-state index < -0.39 is 0 Å². The Labute approximate surface area is 177 Å². The highest BCUT2D eigenvalue weighted by atomic mass is 32.1. The maximum absolute atomic E-state index is 13.1. The molecule has 4 rings (SSSR count). The maximum Gasteiger partial charge on any atom is 0.265 e. The number of benzene rings is 1. The third-order valence-corrected chi connectivity index (χ3v) is 6.66. The van der Waals surface area contributed by atoms with E-state index in [4.69, 9.17) is 0 Å². The Morgan fingerprint density at radius 1 is 1.07 bits per heavy atom. The molecule has 1 aliphatic rings. The van der Waals surface area contributed by atoms with Crippen LogP contribution < -0.4 is 10.2 Å². The smallest absolute Gasteiger partial charge is 0.265 e. The number of anilines is 2. The number of thiazole rings is 1. The molecule has 1 N–H and O–H groups in total. The molecule has 0 saturated carbocycles. The SMILES string of the molecule is Cc1csc(N2CCCN(C(=O)c3cccc(NC(=O)c4cccs4)c3)CC2)n1. The van der Waals surface area contributed by atoms with Gasteiger partial charge in [-0.15, -0.1) is 22.7 Å². The zero-order valence-electron chi connectivity index (χ0n) is 16.1. The Bertz CT molecular complexity index is 1000. The molecule has 0 spiro atoms. The van der Waals surface area contributed by atoms with Crippen LogP contribution in [0.3, 0.4) is 0 Å². The maximum atomic E-state index is 13.1. The molecule has 0 unspecified atom stereocenters. The van der Waals surface area contributed by atoms with Crippen LogP contribution in [0.15, 0.2) is 47.2 Å². The van der Waals surface area contributed by atoms with Crippen molar-refractivity contribution in [3.63, 3.8) is 0 Å². The lowest BCUT2D eigenvalue weighted by molar-refractivity contribution is 0.0766. The van der Waals surface area contributed by atoms with Crippen molar-refractivity contribution >= 4 is 45.3 Å². The minimum Gasteiger partial charge on any atom is -0.346 e. The highest BCUT2D eigenvalue weighted by Gasteiger charge is 2.22. The zero-order chi connectivity index (χ0) is 20.2. The van der Waals surface area contributed by atoms with E-state index in [9.17, 15) is 9.59 Å². The fraction of sp³-hybridized carbons (Fsp3) is 0.286. The molecule has 1 saturated heterocycles. The van der Waals surface area contributed by atoms with Gasteiger partial charge in [0.1, 0.15) is 0 Å². The molecule has 6 nitrogen and oxygen atoms in total. The van der Waals surface area contributed by atoms with Crippen LogP contribution in [0.4, 0.5) is 10.8 Å². The summed E-state index contributed by atoms with van der Waals surface area (Å²) in [6, 6.07) is 10.8. The molecular formula is C21H22N4O2S2. The minimum atomic E-state index is -0.159. The van der Waals surface area contributed by atoms with Gasteiger partial charge >= 0.3 is 0 Å². The standard InChI is InChI=1S/C21H22N4O2S2/c1-15-14-29-21(22-15)25-9-4-8-24(10-11-25)20(27)16-5-2-6-17(13-16)23-19(26)18-7-3-12-28-18/h2-3,5-7,12-14H,4,8-11H2,1H3,(H,23,26). The molecule has 3 aromatic rings. The van der Waals surface area contributed by atoms with Crippen LogP contribution in [-0.2, 0) is 0 Å². The molecule has 0 aliphatic carbocycles. The lowest BCUT2D eigenvalue weighted by Crippen LogP contribution is -2.35. The molecule has 2 amide bonds. The number of thiophene rings is 1. The van der Waals surface area contributed by atoms with Gasteiger partial charge in [-0.3, -0.25) is 9.59 Å².